The molecule has 1 N–H and O–H groups in total. The molecule has 1 aliphatic heterocycles. The predicted octanol–water partition coefficient (Wildman–Crippen LogP) is 1.38. The van der Waals surface area contributed by atoms with Gasteiger partial charge >= 0.3 is 5.97 Å². The van der Waals surface area contributed by atoms with Gasteiger partial charge in [0.05, 0.1) is 11.1 Å². The molecule has 0 fully saturated rings. The van der Waals surface area contributed by atoms with E-state index in [1.807, 2.05) is 0 Å². The van der Waals surface area contributed by atoms with Crippen LogP contribution in [0.5, 0.6) is 0 Å². The first-order valence-electron chi connectivity index (χ1n) is 5.55. The first-order valence-corrected chi connectivity index (χ1v) is 6.60. The van der Waals surface area contributed by atoms with Gasteiger partial charge in [-0.15, -0.1) is 16.8 Å². The topological polar surface area (TPSA) is 83.9 Å². The molecular weight excluding hydrogens is 270 g/mol. The highest BCUT2D eigenvalue weighted by Crippen LogP contribution is 2.25. The molecule has 1 heterocycles. The Kier molecular flexibility index (Phi) is 3.87. The number of carbonyl (C=O) groups excluding carboxylic acids is 2. The second kappa shape index (κ2) is 5.41. The summed E-state index contributed by atoms with van der Waals surface area (Å²) in [7, 11) is 0. The lowest BCUT2D eigenvalue weighted by Crippen LogP contribution is -2.36. The molecule has 0 aliphatic carbocycles. The van der Waals surface area contributed by atoms with Gasteiger partial charge in [0.15, 0.2) is 0 Å². The Balaban J connectivity index is 2.22. The smallest absolute Gasteiger partial charge is 0.346 e. The van der Waals surface area contributed by atoms with Gasteiger partial charge in [0.25, 0.3) is 11.8 Å². The van der Waals surface area contributed by atoms with Crippen molar-refractivity contribution in [3.63, 3.8) is 0 Å². The Bertz CT molecular complexity index is 510. The van der Waals surface area contributed by atoms with Gasteiger partial charge in [-0.25, -0.2) is 9.63 Å². The van der Waals surface area contributed by atoms with Crippen molar-refractivity contribution in [1.82, 2.24) is 5.06 Å². The number of thioether (sulfide) groups is 1. The fraction of sp³-hybridized carbons (Fsp3) is 0.250. The average molecular weight is 281 g/mol. The van der Waals surface area contributed by atoms with Gasteiger partial charge in [0.2, 0.25) is 5.44 Å². The monoisotopic (exact) mass is 281 g/mol. The third-order valence-corrected chi connectivity index (χ3v) is 3.40. The van der Waals surface area contributed by atoms with E-state index >= 15 is 0 Å². The Morgan fingerprint density at radius 2 is 1.84 bits per heavy atom. The maximum atomic E-state index is 11.9. The first kappa shape index (κ1) is 13.6. The van der Waals surface area contributed by atoms with Crippen molar-refractivity contribution in [3.05, 3.63) is 35.4 Å². The fourth-order valence-corrected chi connectivity index (χ4v) is 2.25. The molecule has 1 unspecified atom stereocenters. The molecule has 1 aromatic carbocycles. The first-order chi connectivity index (χ1) is 9.06. The lowest BCUT2D eigenvalue weighted by atomic mass is 10.1. The quantitative estimate of drug-likeness (QED) is 0.648. The molecule has 0 radical (unpaired) electrons. The number of hydroxylamine groups is 2. The minimum Gasteiger partial charge on any atom is -0.479 e. The molecule has 19 heavy (non-hydrogen) atoms. The van der Waals surface area contributed by atoms with E-state index in [1.165, 1.54) is 12.1 Å². The summed E-state index contributed by atoms with van der Waals surface area (Å²) in [6, 6.07) is 6.26. The molecule has 0 saturated heterocycles. The van der Waals surface area contributed by atoms with Gasteiger partial charge in [-0.3, -0.25) is 9.59 Å². The van der Waals surface area contributed by atoms with Crippen molar-refractivity contribution < 1.29 is 24.3 Å². The molecule has 2 amide bonds. The van der Waals surface area contributed by atoms with Crippen LogP contribution < -0.4 is 0 Å². The van der Waals surface area contributed by atoms with Crippen LogP contribution in [0.15, 0.2) is 24.3 Å². The van der Waals surface area contributed by atoms with Gasteiger partial charge < -0.3 is 5.11 Å². The SMILES string of the molecule is CCSC(ON1C(=O)c2ccccc2C1=O)C(=O)O. The van der Waals surface area contributed by atoms with E-state index in [4.69, 9.17) is 9.94 Å². The number of carboxylic acids is 1. The molecule has 0 saturated carbocycles. The summed E-state index contributed by atoms with van der Waals surface area (Å²) in [5.74, 6) is -2.02. The van der Waals surface area contributed by atoms with E-state index in [0.717, 1.165) is 11.8 Å². The van der Waals surface area contributed by atoms with Gasteiger partial charge in [-0.2, -0.15) is 0 Å². The molecule has 100 valence electrons. The number of carbonyl (C=O) groups is 3. The van der Waals surface area contributed by atoms with Crippen molar-refractivity contribution in [2.75, 3.05) is 5.75 Å². The minimum absolute atomic E-state index is 0.220. The standard InChI is InChI=1S/C12H11NO5S/c1-2-19-12(11(16)17)18-13-9(14)7-5-3-4-6-8(7)10(13)15/h3-6,12H,2H2,1H3,(H,16,17). The number of benzene rings is 1. The highest BCUT2D eigenvalue weighted by atomic mass is 32.2. The van der Waals surface area contributed by atoms with Crippen LogP contribution in [0, 0.1) is 0 Å². The van der Waals surface area contributed by atoms with Crippen LogP contribution in [0.2, 0.25) is 0 Å². The second-order valence-electron chi connectivity index (χ2n) is 3.68. The third kappa shape index (κ3) is 2.47. The number of rotatable bonds is 5. The van der Waals surface area contributed by atoms with E-state index in [-0.39, 0.29) is 11.1 Å². The lowest BCUT2D eigenvalue weighted by molar-refractivity contribution is -0.160. The van der Waals surface area contributed by atoms with Crippen LogP contribution in [0.4, 0.5) is 0 Å². The Morgan fingerprint density at radius 3 is 2.26 bits per heavy atom. The van der Waals surface area contributed by atoms with E-state index in [9.17, 15) is 14.4 Å². The highest BCUT2D eigenvalue weighted by Gasteiger charge is 2.39. The highest BCUT2D eigenvalue weighted by molar-refractivity contribution is 8.00. The molecule has 1 aliphatic rings. The number of amides is 2. The number of hydrogen-bond donors (Lipinski definition) is 1. The van der Waals surface area contributed by atoms with Crippen molar-refractivity contribution in [3.8, 4) is 0 Å². The zero-order valence-corrected chi connectivity index (χ0v) is 10.8. The Morgan fingerprint density at radius 1 is 1.32 bits per heavy atom. The van der Waals surface area contributed by atoms with Crippen LogP contribution in [-0.2, 0) is 9.63 Å². The summed E-state index contributed by atoms with van der Waals surface area (Å²) in [4.78, 5) is 39.9. The van der Waals surface area contributed by atoms with E-state index < -0.39 is 23.2 Å². The van der Waals surface area contributed by atoms with Crippen LogP contribution in [-0.4, -0.2) is 39.1 Å². The summed E-state index contributed by atoms with van der Waals surface area (Å²) in [6.45, 7) is 1.76. The number of nitrogens with zero attached hydrogens (tertiary/aromatic N) is 1. The zero-order chi connectivity index (χ0) is 14.0. The third-order valence-electron chi connectivity index (χ3n) is 2.48. The van der Waals surface area contributed by atoms with Crippen LogP contribution in [0.25, 0.3) is 0 Å². The van der Waals surface area contributed by atoms with E-state index in [2.05, 4.69) is 0 Å². The maximum Gasteiger partial charge on any atom is 0.346 e. The summed E-state index contributed by atoms with van der Waals surface area (Å²) in [6.07, 6.45) is 0. The van der Waals surface area contributed by atoms with Gasteiger partial charge in [0, 0.05) is 0 Å². The molecule has 1 atom stereocenters. The number of imide groups is 1. The largest absolute Gasteiger partial charge is 0.479 e. The Hall–Kier alpha value is -1.86. The van der Waals surface area contributed by atoms with Crippen LogP contribution in [0.1, 0.15) is 27.6 Å². The summed E-state index contributed by atoms with van der Waals surface area (Å²) in [5, 5.41) is 9.48. The fourth-order valence-electron chi connectivity index (χ4n) is 1.66. The van der Waals surface area contributed by atoms with E-state index in [0.29, 0.717) is 10.8 Å². The van der Waals surface area contributed by atoms with Crippen molar-refractivity contribution >= 4 is 29.5 Å². The molecule has 2 rings (SSSR count). The second-order valence-corrected chi connectivity index (χ2v) is 5.02. The number of hydrogen-bond acceptors (Lipinski definition) is 5. The van der Waals surface area contributed by atoms with Crippen molar-refractivity contribution in [2.45, 2.75) is 12.4 Å². The van der Waals surface area contributed by atoms with Crippen LogP contribution in [0.3, 0.4) is 0 Å². The van der Waals surface area contributed by atoms with E-state index in [1.54, 1.807) is 19.1 Å². The molecule has 0 spiro atoms. The van der Waals surface area contributed by atoms with Crippen molar-refractivity contribution in [2.24, 2.45) is 0 Å². The number of fused-ring (bicyclic) bond motifs is 1. The predicted molar refractivity (Wildman–Crippen MR) is 67.6 cm³/mol. The number of carboxylic acid groups (broad SMARTS) is 1. The van der Waals surface area contributed by atoms with Crippen LogP contribution >= 0.6 is 11.8 Å². The zero-order valence-electron chi connectivity index (χ0n) is 10.0. The molecule has 0 aromatic heterocycles. The van der Waals surface area contributed by atoms with Crippen molar-refractivity contribution in [1.29, 1.82) is 0 Å². The van der Waals surface area contributed by atoms with Gasteiger partial charge in [-0.05, 0) is 17.9 Å². The number of aliphatic carboxylic acids is 1. The van der Waals surface area contributed by atoms with Gasteiger partial charge in [0.1, 0.15) is 0 Å². The summed E-state index contributed by atoms with van der Waals surface area (Å²) >= 11 is 0.986. The molecule has 7 heteroatoms. The molecular formula is C12H11NO5S. The summed E-state index contributed by atoms with van der Waals surface area (Å²) < 4.78 is 0. The minimum atomic E-state index is -1.28. The molecule has 1 aromatic rings. The Labute approximate surface area is 113 Å². The summed E-state index contributed by atoms with van der Waals surface area (Å²) in [5.41, 5.74) is -0.844. The molecule has 0 bridgehead atoms. The maximum absolute atomic E-state index is 11.9. The van der Waals surface area contributed by atoms with Gasteiger partial charge in [-0.1, -0.05) is 19.1 Å². The average Bonchev–Trinajstić information content (AvgIpc) is 2.63. The normalized spacial score (nSPS) is 15.5. The lowest BCUT2D eigenvalue weighted by Gasteiger charge is -2.18. The molecule has 6 nitrogen and oxygen atoms in total.